The lowest BCUT2D eigenvalue weighted by atomic mass is 10.0. The lowest BCUT2D eigenvalue weighted by molar-refractivity contribution is 0.632. The zero-order chi connectivity index (χ0) is 10.8. The molecule has 0 aliphatic carbocycles. The second kappa shape index (κ2) is 3.69. The summed E-state index contributed by atoms with van der Waals surface area (Å²) in [6, 6.07) is 6.53. The number of aryl methyl sites for hydroxylation is 1. The van der Waals surface area contributed by atoms with Crippen molar-refractivity contribution in [2.75, 3.05) is 5.73 Å². The molecule has 76 valence electrons. The van der Waals surface area contributed by atoms with Crippen molar-refractivity contribution in [2.45, 2.75) is 6.92 Å². The molecule has 1 aromatic heterocycles. The fraction of sp³-hybridized carbons (Fsp3) is 0.0833. The van der Waals surface area contributed by atoms with E-state index in [2.05, 4.69) is 4.98 Å². The highest BCUT2D eigenvalue weighted by Gasteiger charge is 2.07. The van der Waals surface area contributed by atoms with E-state index in [0.717, 1.165) is 11.1 Å². The largest absolute Gasteiger partial charge is 0.399 e. The highest BCUT2D eigenvalue weighted by molar-refractivity contribution is 5.68. The Morgan fingerprint density at radius 2 is 2.00 bits per heavy atom. The quantitative estimate of drug-likeness (QED) is 0.722. The first kappa shape index (κ1) is 9.65. The van der Waals surface area contributed by atoms with Gasteiger partial charge in [-0.2, -0.15) is 0 Å². The first-order chi connectivity index (χ1) is 7.18. The summed E-state index contributed by atoms with van der Waals surface area (Å²) < 4.78 is 13.6. The minimum Gasteiger partial charge on any atom is -0.399 e. The number of nitrogens with two attached hydrogens (primary N) is 1. The molecule has 2 rings (SSSR count). The molecule has 0 radical (unpaired) electrons. The number of aromatic nitrogens is 1. The van der Waals surface area contributed by atoms with Crippen molar-refractivity contribution in [1.82, 2.24) is 4.98 Å². The third-order valence-corrected chi connectivity index (χ3v) is 2.32. The molecule has 0 aliphatic heterocycles. The molecule has 2 N–H and O–H groups in total. The summed E-state index contributed by atoms with van der Waals surface area (Å²) in [7, 11) is 0. The van der Waals surface area contributed by atoms with Crippen LogP contribution < -0.4 is 5.73 Å². The molecule has 3 heteroatoms. The highest BCUT2D eigenvalue weighted by atomic mass is 19.1. The van der Waals surface area contributed by atoms with Gasteiger partial charge in [0.15, 0.2) is 0 Å². The third-order valence-electron chi connectivity index (χ3n) is 2.32. The van der Waals surface area contributed by atoms with Crippen LogP contribution in [0.5, 0.6) is 0 Å². The van der Waals surface area contributed by atoms with Gasteiger partial charge in [0.2, 0.25) is 0 Å². The minimum atomic E-state index is -0.314. The zero-order valence-corrected chi connectivity index (χ0v) is 8.37. The smallest absolute Gasteiger partial charge is 0.133 e. The van der Waals surface area contributed by atoms with E-state index in [9.17, 15) is 4.39 Å². The van der Waals surface area contributed by atoms with Crippen LogP contribution in [-0.4, -0.2) is 4.98 Å². The number of anilines is 1. The Hall–Kier alpha value is -1.90. The predicted molar refractivity (Wildman–Crippen MR) is 58.8 cm³/mol. The Bertz CT molecular complexity index is 495. The van der Waals surface area contributed by atoms with Crippen molar-refractivity contribution in [1.29, 1.82) is 0 Å². The van der Waals surface area contributed by atoms with E-state index in [1.165, 1.54) is 6.07 Å². The van der Waals surface area contributed by atoms with E-state index in [1.807, 2.05) is 13.0 Å². The van der Waals surface area contributed by atoms with Crippen LogP contribution in [0.1, 0.15) is 5.56 Å². The molecule has 0 saturated carbocycles. The fourth-order valence-corrected chi connectivity index (χ4v) is 1.50. The standard InChI is InChI=1S/C12H11FN2/c1-8-4-5-15-7-11(8)10-3-2-9(14)6-12(10)13/h2-7H,14H2,1H3. The van der Waals surface area contributed by atoms with Gasteiger partial charge in [-0.25, -0.2) is 4.39 Å². The number of halogens is 1. The number of pyridine rings is 1. The van der Waals surface area contributed by atoms with E-state index in [1.54, 1.807) is 24.5 Å². The van der Waals surface area contributed by atoms with E-state index >= 15 is 0 Å². The molecule has 2 aromatic rings. The molecule has 1 heterocycles. The molecule has 15 heavy (non-hydrogen) atoms. The molecule has 0 aliphatic rings. The van der Waals surface area contributed by atoms with E-state index in [4.69, 9.17) is 5.73 Å². The first-order valence-electron chi connectivity index (χ1n) is 4.64. The summed E-state index contributed by atoms with van der Waals surface area (Å²) >= 11 is 0. The van der Waals surface area contributed by atoms with Crippen molar-refractivity contribution in [3.8, 4) is 11.1 Å². The number of benzene rings is 1. The number of hydrogen-bond acceptors (Lipinski definition) is 2. The van der Waals surface area contributed by atoms with Gasteiger partial charge in [-0.05, 0) is 36.8 Å². The predicted octanol–water partition coefficient (Wildman–Crippen LogP) is 2.78. The summed E-state index contributed by atoms with van der Waals surface area (Å²) in [5.41, 5.74) is 8.25. The molecule has 0 atom stereocenters. The van der Waals surface area contributed by atoms with Gasteiger partial charge < -0.3 is 5.73 Å². The minimum absolute atomic E-state index is 0.314. The average molecular weight is 202 g/mol. The molecule has 0 bridgehead atoms. The van der Waals surface area contributed by atoms with Gasteiger partial charge >= 0.3 is 0 Å². The normalized spacial score (nSPS) is 10.3. The van der Waals surface area contributed by atoms with Crippen molar-refractivity contribution >= 4 is 5.69 Å². The fourth-order valence-electron chi connectivity index (χ4n) is 1.50. The van der Waals surface area contributed by atoms with Gasteiger partial charge in [0.25, 0.3) is 0 Å². The van der Waals surface area contributed by atoms with Gasteiger partial charge in [0, 0.05) is 29.2 Å². The molecule has 0 saturated heterocycles. The van der Waals surface area contributed by atoms with Crippen LogP contribution in [0.2, 0.25) is 0 Å². The van der Waals surface area contributed by atoms with Crippen LogP contribution in [-0.2, 0) is 0 Å². The van der Waals surface area contributed by atoms with Crippen LogP contribution in [0.15, 0.2) is 36.7 Å². The van der Waals surface area contributed by atoms with Gasteiger partial charge in [-0.1, -0.05) is 0 Å². The van der Waals surface area contributed by atoms with Crippen LogP contribution in [0.25, 0.3) is 11.1 Å². The molecular weight excluding hydrogens is 191 g/mol. The van der Waals surface area contributed by atoms with Gasteiger partial charge in [0.05, 0.1) is 0 Å². The van der Waals surface area contributed by atoms with E-state index in [-0.39, 0.29) is 5.82 Å². The summed E-state index contributed by atoms with van der Waals surface area (Å²) in [5, 5.41) is 0. The SMILES string of the molecule is Cc1ccncc1-c1ccc(N)cc1F. The monoisotopic (exact) mass is 202 g/mol. The number of hydrogen-bond donors (Lipinski definition) is 1. The Morgan fingerprint density at radius 1 is 1.20 bits per heavy atom. The van der Waals surface area contributed by atoms with Crippen molar-refractivity contribution < 1.29 is 4.39 Å². The van der Waals surface area contributed by atoms with Gasteiger partial charge in [0.1, 0.15) is 5.82 Å². The lowest BCUT2D eigenvalue weighted by Crippen LogP contribution is -1.91. The van der Waals surface area contributed by atoms with Crippen LogP contribution >= 0.6 is 0 Å². The second-order valence-corrected chi connectivity index (χ2v) is 3.43. The molecule has 2 nitrogen and oxygen atoms in total. The topological polar surface area (TPSA) is 38.9 Å². The molecule has 0 spiro atoms. The van der Waals surface area contributed by atoms with Gasteiger partial charge in [-0.15, -0.1) is 0 Å². The Balaban J connectivity index is 2.60. The van der Waals surface area contributed by atoms with Gasteiger partial charge in [-0.3, -0.25) is 4.98 Å². The zero-order valence-electron chi connectivity index (χ0n) is 8.37. The van der Waals surface area contributed by atoms with Crippen molar-refractivity contribution in [2.24, 2.45) is 0 Å². The Labute approximate surface area is 87.6 Å². The molecule has 0 unspecified atom stereocenters. The first-order valence-corrected chi connectivity index (χ1v) is 4.64. The summed E-state index contributed by atoms with van der Waals surface area (Å²) in [6.07, 6.45) is 3.35. The number of rotatable bonds is 1. The molecule has 0 fully saturated rings. The number of nitrogens with zero attached hydrogens (tertiary/aromatic N) is 1. The second-order valence-electron chi connectivity index (χ2n) is 3.43. The van der Waals surface area contributed by atoms with Crippen LogP contribution in [0, 0.1) is 12.7 Å². The lowest BCUT2D eigenvalue weighted by Gasteiger charge is -2.06. The molecular formula is C12H11FN2. The summed E-state index contributed by atoms with van der Waals surface area (Å²) in [5.74, 6) is -0.314. The highest BCUT2D eigenvalue weighted by Crippen LogP contribution is 2.26. The maximum absolute atomic E-state index is 13.6. The third kappa shape index (κ3) is 1.81. The van der Waals surface area contributed by atoms with E-state index in [0.29, 0.717) is 11.3 Å². The van der Waals surface area contributed by atoms with Crippen LogP contribution in [0.4, 0.5) is 10.1 Å². The van der Waals surface area contributed by atoms with Crippen molar-refractivity contribution in [3.63, 3.8) is 0 Å². The van der Waals surface area contributed by atoms with Crippen molar-refractivity contribution in [3.05, 3.63) is 48.0 Å². The summed E-state index contributed by atoms with van der Waals surface area (Å²) in [6.45, 7) is 1.92. The average Bonchev–Trinajstić information content (AvgIpc) is 2.20. The Morgan fingerprint density at radius 3 is 2.67 bits per heavy atom. The molecule has 1 aromatic carbocycles. The number of nitrogen functional groups attached to an aromatic ring is 1. The maximum atomic E-state index is 13.6. The maximum Gasteiger partial charge on any atom is 0.133 e. The van der Waals surface area contributed by atoms with E-state index < -0.39 is 0 Å². The Kier molecular flexibility index (Phi) is 2.37. The summed E-state index contributed by atoms with van der Waals surface area (Å²) in [4.78, 5) is 3.99. The van der Waals surface area contributed by atoms with Crippen LogP contribution in [0.3, 0.4) is 0 Å². The molecule has 0 amide bonds.